The summed E-state index contributed by atoms with van der Waals surface area (Å²) < 4.78 is 0.986. The van der Waals surface area contributed by atoms with Crippen LogP contribution in [0, 0.1) is 12.3 Å². The Morgan fingerprint density at radius 1 is 1.44 bits per heavy atom. The van der Waals surface area contributed by atoms with Gasteiger partial charge in [0.15, 0.2) is 5.82 Å². The zero-order valence-corrected chi connectivity index (χ0v) is 10.7. The summed E-state index contributed by atoms with van der Waals surface area (Å²) >= 11 is 4.90. The number of aromatic amines is 1. The van der Waals surface area contributed by atoms with Gasteiger partial charge < -0.3 is 0 Å². The fourth-order valence-corrected chi connectivity index (χ4v) is 2.14. The number of thioether (sulfide) groups is 1. The van der Waals surface area contributed by atoms with Crippen molar-refractivity contribution in [1.82, 2.24) is 15.2 Å². The predicted octanol–water partition coefficient (Wildman–Crippen LogP) is 2.96. The Bertz CT molecular complexity index is 530. The Hall–Kier alpha value is -1.25. The van der Waals surface area contributed by atoms with Gasteiger partial charge in [0.1, 0.15) is 0 Å². The van der Waals surface area contributed by atoms with Gasteiger partial charge in [0, 0.05) is 10.0 Å². The van der Waals surface area contributed by atoms with Crippen LogP contribution < -0.4 is 0 Å². The van der Waals surface area contributed by atoms with Gasteiger partial charge in [-0.25, -0.2) is 4.98 Å². The van der Waals surface area contributed by atoms with Gasteiger partial charge in [0.05, 0.1) is 5.75 Å². The minimum atomic E-state index is 0.577. The monoisotopic (exact) mass is 293 g/mol. The quantitative estimate of drug-likeness (QED) is 0.699. The van der Waals surface area contributed by atoms with E-state index >= 15 is 0 Å². The predicted molar refractivity (Wildman–Crippen MR) is 69.1 cm³/mol. The van der Waals surface area contributed by atoms with Crippen molar-refractivity contribution in [2.75, 3.05) is 5.75 Å². The third-order valence-corrected chi connectivity index (χ3v) is 3.32. The lowest BCUT2D eigenvalue weighted by Gasteiger charge is -1.97. The number of aromatic nitrogens is 3. The van der Waals surface area contributed by atoms with E-state index in [4.69, 9.17) is 6.42 Å². The first kappa shape index (κ1) is 11.2. The summed E-state index contributed by atoms with van der Waals surface area (Å²) in [6.07, 6.45) is 5.17. The first-order valence-corrected chi connectivity index (χ1v) is 6.32. The normalized spacial score (nSPS) is 10.0. The summed E-state index contributed by atoms with van der Waals surface area (Å²) in [7, 11) is 0. The number of nitrogens with one attached hydrogen (secondary N) is 1. The molecule has 0 fully saturated rings. The zero-order valence-electron chi connectivity index (χ0n) is 8.27. The highest BCUT2D eigenvalue weighted by Crippen LogP contribution is 2.26. The molecule has 1 N–H and O–H groups in total. The summed E-state index contributed by atoms with van der Waals surface area (Å²) in [5.74, 6) is 3.86. The van der Waals surface area contributed by atoms with Crippen LogP contribution >= 0.6 is 27.7 Å². The number of benzene rings is 1. The van der Waals surface area contributed by atoms with Crippen LogP contribution in [0.15, 0.2) is 33.9 Å². The number of halogens is 1. The van der Waals surface area contributed by atoms with E-state index in [2.05, 4.69) is 37.0 Å². The molecule has 0 aliphatic heterocycles. The van der Waals surface area contributed by atoms with Crippen LogP contribution in [-0.2, 0) is 0 Å². The molecule has 0 aliphatic rings. The summed E-state index contributed by atoms with van der Waals surface area (Å²) in [4.78, 5) is 4.35. The molecular formula is C11H8BrN3S. The Morgan fingerprint density at radius 3 is 3.00 bits per heavy atom. The number of hydrogen-bond donors (Lipinski definition) is 1. The SMILES string of the molecule is C#CCSc1n[nH]c(-c2ccccc2Br)n1. The molecule has 0 atom stereocenters. The lowest BCUT2D eigenvalue weighted by Crippen LogP contribution is -1.81. The average molecular weight is 294 g/mol. The molecule has 80 valence electrons. The molecule has 1 heterocycles. The standard InChI is InChI=1S/C11H8BrN3S/c1-2-7-16-11-13-10(14-15-11)8-5-3-4-6-9(8)12/h1,3-6H,7H2,(H,13,14,15). The molecule has 0 radical (unpaired) electrons. The van der Waals surface area contributed by atoms with Crippen molar-refractivity contribution in [1.29, 1.82) is 0 Å². The molecule has 0 amide bonds. The second kappa shape index (κ2) is 5.19. The maximum atomic E-state index is 5.17. The Labute approximate surface area is 106 Å². The van der Waals surface area contributed by atoms with Crippen molar-refractivity contribution in [3.8, 4) is 23.7 Å². The molecule has 0 saturated heterocycles. The van der Waals surface area contributed by atoms with E-state index in [0.29, 0.717) is 10.9 Å². The van der Waals surface area contributed by atoms with Crippen LogP contribution in [-0.4, -0.2) is 20.9 Å². The third kappa shape index (κ3) is 2.46. The molecule has 16 heavy (non-hydrogen) atoms. The van der Waals surface area contributed by atoms with Crippen molar-refractivity contribution in [2.45, 2.75) is 5.16 Å². The highest BCUT2D eigenvalue weighted by molar-refractivity contribution is 9.10. The van der Waals surface area contributed by atoms with E-state index in [-0.39, 0.29) is 0 Å². The van der Waals surface area contributed by atoms with E-state index in [1.54, 1.807) is 0 Å². The molecule has 0 unspecified atom stereocenters. The number of nitrogens with zero attached hydrogens (tertiary/aromatic N) is 2. The molecule has 0 aliphatic carbocycles. The number of rotatable bonds is 3. The van der Waals surface area contributed by atoms with Gasteiger partial charge in [0.2, 0.25) is 5.16 Å². The van der Waals surface area contributed by atoms with Crippen molar-refractivity contribution in [3.63, 3.8) is 0 Å². The van der Waals surface area contributed by atoms with Crippen LogP contribution in [0.25, 0.3) is 11.4 Å². The number of terminal acetylenes is 1. The van der Waals surface area contributed by atoms with Gasteiger partial charge in [-0.1, -0.05) is 51.8 Å². The maximum Gasteiger partial charge on any atom is 0.209 e. The molecule has 0 saturated carbocycles. The molecule has 2 aromatic rings. The van der Waals surface area contributed by atoms with Crippen LogP contribution in [0.4, 0.5) is 0 Å². The van der Waals surface area contributed by atoms with Gasteiger partial charge in [-0.2, -0.15) is 0 Å². The molecule has 0 bridgehead atoms. The van der Waals surface area contributed by atoms with Crippen molar-refractivity contribution in [3.05, 3.63) is 28.7 Å². The molecule has 0 spiro atoms. The highest BCUT2D eigenvalue weighted by atomic mass is 79.9. The van der Waals surface area contributed by atoms with Gasteiger partial charge in [-0.05, 0) is 6.07 Å². The summed E-state index contributed by atoms with van der Waals surface area (Å²) in [6, 6.07) is 7.85. The minimum Gasteiger partial charge on any atom is -0.258 e. The minimum absolute atomic E-state index is 0.577. The molecule has 3 nitrogen and oxygen atoms in total. The molecule has 2 rings (SSSR count). The second-order valence-electron chi connectivity index (χ2n) is 2.94. The second-order valence-corrected chi connectivity index (χ2v) is 4.74. The van der Waals surface area contributed by atoms with E-state index < -0.39 is 0 Å². The van der Waals surface area contributed by atoms with Crippen LogP contribution in [0.2, 0.25) is 0 Å². The number of hydrogen-bond acceptors (Lipinski definition) is 3. The van der Waals surface area contributed by atoms with E-state index in [0.717, 1.165) is 15.9 Å². The maximum absolute atomic E-state index is 5.17. The summed E-state index contributed by atoms with van der Waals surface area (Å²) in [5, 5.41) is 7.64. The lowest BCUT2D eigenvalue weighted by atomic mass is 10.2. The van der Waals surface area contributed by atoms with Gasteiger partial charge in [-0.15, -0.1) is 11.5 Å². The van der Waals surface area contributed by atoms with Gasteiger partial charge in [0.25, 0.3) is 0 Å². The smallest absolute Gasteiger partial charge is 0.209 e. The topological polar surface area (TPSA) is 41.6 Å². The Kier molecular flexibility index (Phi) is 3.65. The average Bonchev–Trinajstić information content (AvgIpc) is 2.75. The van der Waals surface area contributed by atoms with Gasteiger partial charge in [-0.3, -0.25) is 5.10 Å². The Balaban J connectivity index is 2.26. The largest absolute Gasteiger partial charge is 0.258 e. The van der Waals surface area contributed by atoms with Crippen LogP contribution in [0.5, 0.6) is 0 Å². The van der Waals surface area contributed by atoms with E-state index in [9.17, 15) is 0 Å². The van der Waals surface area contributed by atoms with Crippen molar-refractivity contribution >= 4 is 27.7 Å². The Morgan fingerprint density at radius 2 is 2.25 bits per heavy atom. The van der Waals surface area contributed by atoms with Crippen LogP contribution in [0.3, 0.4) is 0 Å². The van der Waals surface area contributed by atoms with Crippen molar-refractivity contribution in [2.24, 2.45) is 0 Å². The molecule has 1 aromatic heterocycles. The van der Waals surface area contributed by atoms with Gasteiger partial charge >= 0.3 is 0 Å². The summed E-state index contributed by atoms with van der Waals surface area (Å²) in [6.45, 7) is 0. The fraction of sp³-hybridized carbons (Fsp3) is 0.0909. The third-order valence-electron chi connectivity index (χ3n) is 1.88. The highest BCUT2D eigenvalue weighted by Gasteiger charge is 2.07. The zero-order chi connectivity index (χ0) is 11.4. The van der Waals surface area contributed by atoms with Crippen molar-refractivity contribution < 1.29 is 0 Å². The lowest BCUT2D eigenvalue weighted by molar-refractivity contribution is 0.975. The van der Waals surface area contributed by atoms with E-state index in [1.165, 1.54) is 11.8 Å². The number of H-pyrrole nitrogens is 1. The first-order valence-electron chi connectivity index (χ1n) is 4.55. The molecular weight excluding hydrogens is 286 g/mol. The van der Waals surface area contributed by atoms with Crippen LogP contribution in [0.1, 0.15) is 0 Å². The molecule has 1 aromatic carbocycles. The molecule has 5 heteroatoms. The fourth-order valence-electron chi connectivity index (χ4n) is 1.19. The van der Waals surface area contributed by atoms with E-state index in [1.807, 2.05) is 24.3 Å². The first-order chi connectivity index (χ1) is 7.81. The summed E-state index contributed by atoms with van der Waals surface area (Å²) in [5.41, 5.74) is 0.988.